The Labute approximate surface area is 182 Å². The molecule has 0 radical (unpaired) electrons. The van der Waals surface area contributed by atoms with Gasteiger partial charge in [0, 0.05) is 17.6 Å². The van der Waals surface area contributed by atoms with E-state index in [1.165, 1.54) is 33.1 Å². The summed E-state index contributed by atoms with van der Waals surface area (Å²) in [6.45, 7) is 4.00. The highest BCUT2D eigenvalue weighted by Crippen LogP contribution is 2.39. The van der Waals surface area contributed by atoms with Gasteiger partial charge in [-0.15, -0.1) is 0 Å². The second kappa shape index (κ2) is 11.2. The number of carboxylic acid groups (broad SMARTS) is 1. The normalized spacial score (nSPS) is 13.2. The molecule has 1 aromatic heterocycles. The van der Waals surface area contributed by atoms with Crippen molar-refractivity contribution in [2.24, 2.45) is 11.7 Å². The van der Waals surface area contributed by atoms with E-state index in [2.05, 4.69) is 9.72 Å². The predicted octanol–water partition coefficient (Wildman–Crippen LogP) is 4.78. The predicted molar refractivity (Wildman–Crippen MR) is 121 cm³/mol. The zero-order valence-electron chi connectivity index (χ0n) is 18.3. The first-order chi connectivity index (χ1) is 14.9. The molecule has 1 aliphatic carbocycles. The number of nitrogens with one attached hydrogen (secondary N) is 1. The fourth-order valence-electron chi connectivity index (χ4n) is 3.12. The molecule has 1 heterocycles. The lowest BCUT2D eigenvalue weighted by molar-refractivity contribution is 0.0599. The van der Waals surface area contributed by atoms with Crippen LogP contribution in [-0.2, 0) is 4.74 Å². The molecule has 4 N–H and O–H groups in total. The van der Waals surface area contributed by atoms with Crippen LogP contribution < -0.4 is 10.5 Å². The van der Waals surface area contributed by atoms with Crippen molar-refractivity contribution in [2.45, 2.75) is 32.7 Å². The maximum Gasteiger partial charge on any atom is 0.337 e. The number of ether oxygens (including phenoxy) is 2. The van der Waals surface area contributed by atoms with Crippen LogP contribution in [0.1, 0.15) is 59.0 Å². The van der Waals surface area contributed by atoms with Crippen LogP contribution in [0.5, 0.6) is 5.75 Å². The van der Waals surface area contributed by atoms with Crippen molar-refractivity contribution in [1.82, 2.24) is 4.98 Å². The van der Waals surface area contributed by atoms with Gasteiger partial charge in [0.1, 0.15) is 5.75 Å². The van der Waals surface area contributed by atoms with E-state index < -0.39 is 5.97 Å². The van der Waals surface area contributed by atoms with E-state index in [1.54, 1.807) is 24.4 Å². The quantitative estimate of drug-likeness (QED) is 0.506. The zero-order valence-corrected chi connectivity index (χ0v) is 18.3. The minimum atomic E-state index is -0.962. The Morgan fingerprint density at radius 2 is 1.74 bits per heavy atom. The first-order valence-corrected chi connectivity index (χ1v) is 10.3. The molecule has 4 rings (SSSR count). The fraction of sp³-hybridized carbons (Fsp3) is 0.333. The third kappa shape index (κ3) is 6.08. The van der Waals surface area contributed by atoms with Crippen molar-refractivity contribution in [3.63, 3.8) is 0 Å². The van der Waals surface area contributed by atoms with Crippen LogP contribution >= 0.6 is 0 Å². The molecule has 0 bridgehead atoms. The first kappa shape index (κ1) is 24.0. The number of methoxy groups -OCH3 is 2. The first-order valence-electron chi connectivity index (χ1n) is 10.3. The van der Waals surface area contributed by atoms with E-state index in [0.717, 1.165) is 10.9 Å². The van der Waals surface area contributed by atoms with E-state index in [1.807, 2.05) is 32.0 Å². The van der Waals surface area contributed by atoms with Gasteiger partial charge < -0.3 is 25.3 Å². The second-order valence-corrected chi connectivity index (χ2v) is 6.90. The lowest BCUT2D eigenvalue weighted by atomic mass is 10.0. The molecule has 1 saturated carbocycles. The van der Waals surface area contributed by atoms with Crippen LogP contribution in [0.2, 0.25) is 0 Å². The number of carbonyl (C=O) groups is 2. The zero-order chi connectivity index (χ0) is 23.0. The molecule has 2 aromatic carbocycles. The molecule has 0 saturated heterocycles. The number of carbonyl (C=O) groups excluding carboxylic acids is 1. The highest BCUT2D eigenvalue weighted by molar-refractivity contribution is 6.02. The molecule has 3 aromatic rings. The molecule has 1 unspecified atom stereocenters. The van der Waals surface area contributed by atoms with Gasteiger partial charge in [-0.1, -0.05) is 26.0 Å². The molecule has 0 amide bonds. The Bertz CT molecular complexity index is 1010. The third-order valence-electron chi connectivity index (χ3n) is 4.95. The van der Waals surface area contributed by atoms with Gasteiger partial charge in [0.15, 0.2) is 0 Å². The van der Waals surface area contributed by atoms with E-state index in [0.29, 0.717) is 22.7 Å². The van der Waals surface area contributed by atoms with E-state index >= 15 is 0 Å². The van der Waals surface area contributed by atoms with Gasteiger partial charge in [-0.05, 0) is 54.7 Å². The number of aromatic nitrogens is 1. The van der Waals surface area contributed by atoms with E-state index in [-0.39, 0.29) is 17.6 Å². The number of esters is 1. The standard InChI is InChI=1S/C12H15NO2.C10H9NO3.C2H6/c1-15-12(14)10-6-4-9(5-7-10)11(13)8-2-3-8;1-14-7-4-6-2-3-11-9(6)8(5-7)10(12)13;1-2/h4-8,11H,2-3,13H2,1H3;2-5,11H,1H3,(H,12,13);1-2H3. The van der Waals surface area contributed by atoms with Gasteiger partial charge in [0.2, 0.25) is 0 Å². The van der Waals surface area contributed by atoms with Crippen LogP contribution in [0.15, 0.2) is 48.7 Å². The van der Waals surface area contributed by atoms with Crippen LogP contribution in [0, 0.1) is 5.92 Å². The molecular weight excluding hydrogens is 396 g/mol. The Morgan fingerprint density at radius 3 is 2.26 bits per heavy atom. The Hall–Kier alpha value is -3.32. The number of aromatic amines is 1. The van der Waals surface area contributed by atoms with Gasteiger partial charge in [-0.2, -0.15) is 0 Å². The lowest BCUT2D eigenvalue weighted by Gasteiger charge is -2.10. The maximum atomic E-state index is 11.2. The van der Waals surface area contributed by atoms with Gasteiger partial charge in [0.05, 0.1) is 30.9 Å². The Morgan fingerprint density at radius 1 is 1.10 bits per heavy atom. The fourth-order valence-corrected chi connectivity index (χ4v) is 3.12. The molecule has 7 nitrogen and oxygen atoms in total. The molecular formula is C24H30N2O5. The number of hydrogen-bond donors (Lipinski definition) is 3. The molecule has 1 aliphatic rings. The largest absolute Gasteiger partial charge is 0.497 e. The van der Waals surface area contributed by atoms with Gasteiger partial charge in [-0.3, -0.25) is 0 Å². The number of hydrogen-bond acceptors (Lipinski definition) is 5. The van der Waals surface area contributed by atoms with Gasteiger partial charge in [-0.25, -0.2) is 9.59 Å². The molecule has 1 fully saturated rings. The number of carboxylic acids is 1. The molecule has 166 valence electrons. The average Bonchev–Trinajstić information content (AvgIpc) is 3.56. The highest BCUT2D eigenvalue weighted by Gasteiger charge is 2.29. The summed E-state index contributed by atoms with van der Waals surface area (Å²) in [4.78, 5) is 25.0. The monoisotopic (exact) mass is 426 g/mol. The smallest absolute Gasteiger partial charge is 0.337 e. The number of H-pyrrole nitrogens is 1. The van der Waals surface area contributed by atoms with Crippen LogP contribution in [0.3, 0.4) is 0 Å². The lowest BCUT2D eigenvalue weighted by Crippen LogP contribution is -2.12. The summed E-state index contributed by atoms with van der Waals surface area (Å²) in [5.74, 6) is -0.0821. The second-order valence-electron chi connectivity index (χ2n) is 6.90. The number of aromatic carboxylic acids is 1. The number of nitrogens with two attached hydrogens (primary N) is 1. The Kier molecular flexibility index (Phi) is 8.63. The summed E-state index contributed by atoms with van der Waals surface area (Å²) in [6.07, 6.45) is 4.15. The number of rotatable bonds is 5. The molecule has 0 spiro atoms. The van der Waals surface area contributed by atoms with Gasteiger partial charge >= 0.3 is 11.9 Å². The summed E-state index contributed by atoms with van der Waals surface area (Å²) in [5.41, 5.74) is 8.57. The number of fused-ring (bicyclic) bond motifs is 1. The summed E-state index contributed by atoms with van der Waals surface area (Å²) in [7, 11) is 2.89. The van der Waals surface area contributed by atoms with Crippen molar-refractivity contribution >= 4 is 22.8 Å². The SMILES string of the molecule is CC.COC(=O)c1ccc(C(N)C2CC2)cc1.COc1cc(C(=O)O)c2[nH]ccc2c1. The van der Waals surface area contributed by atoms with Crippen LogP contribution in [0.4, 0.5) is 0 Å². The Balaban J connectivity index is 0.000000204. The summed E-state index contributed by atoms with van der Waals surface area (Å²) in [5, 5.41) is 9.78. The van der Waals surface area contributed by atoms with Crippen LogP contribution in [0.25, 0.3) is 10.9 Å². The molecule has 0 aliphatic heterocycles. The van der Waals surface area contributed by atoms with Crippen LogP contribution in [-0.4, -0.2) is 36.2 Å². The molecule has 31 heavy (non-hydrogen) atoms. The van der Waals surface area contributed by atoms with Crippen molar-refractivity contribution in [1.29, 1.82) is 0 Å². The average molecular weight is 427 g/mol. The minimum Gasteiger partial charge on any atom is -0.497 e. The highest BCUT2D eigenvalue weighted by atomic mass is 16.5. The van der Waals surface area contributed by atoms with E-state index in [9.17, 15) is 9.59 Å². The molecule has 7 heteroatoms. The van der Waals surface area contributed by atoms with Crippen molar-refractivity contribution in [2.75, 3.05) is 14.2 Å². The summed E-state index contributed by atoms with van der Waals surface area (Å²) in [6, 6.07) is 12.6. The third-order valence-corrected chi connectivity index (χ3v) is 4.95. The summed E-state index contributed by atoms with van der Waals surface area (Å²) >= 11 is 0. The van der Waals surface area contributed by atoms with Crippen molar-refractivity contribution in [3.8, 4) is 5.75 Å². The maximum absolute atomic E-state index is 11.2. The number of benzene rings is 2. The topological polar surface area (TPSA) is 115 Å². The minimum absolute atomic E-state index is 0.122. The molecule has 1 atom stereocenters. The van der Waals surface area contributed by atoms with Gasteiger partial charge in [0.25, 0.3) is 0 Å². The summed E-state index contributed by atoms with van der Waals surface area (Å²) < 4.78 is 9.63. The van der Waals surface area contributed by atoms with E-state index in [4.69, 9.17) is 15.6 Å². The van der Waals surface area contributed by atoms with Crippen molar-refractivity contribution < 1.29 is 24.2 Å². The van der Waals surface area contributed by atoms with Crippen molar-refractivity contribution in [3.05, 3.63) is 65.4 Å².